The second-order valence-corrected chi connectivity index (χ2v) is 4.84. The minimum atomic E-state index is -0.691. The SMILES string of the molecule is CC(C(=O)Nc1cc(F)ccc1F)n1cc(Br)cn1. The summed E-state index contributed by atoms with van der Waals surface area (Å²) in [7, 11) is 0. The lowest BCUT2D eigenvalue weighted by molar-refractivity contribution is -0.119. The van der Waals surface area contributed by atoms with Crippen LogP contribution in [0.4, 0.5) is 14.5 Å². The molecule has 2 aromatic rings. The van der Waals surface area contributed by atoms with Gasteiger partial charge >= 0.3 is 0 Å². The lowest BCUT2D eigenvalue weighted by Crippen LogP contribution is -2.24. The molecule has 0 aliphatic rings. The van der Waals surface area contributed by atoms with E-state index in [2.05, 4.69) is 26.3 Å². The van der Waals surface area contributed by atoms with Gasteiger partial charge in [0.2, 0.25) is 5.91 Å². The Morgan fingerprint density at radius 3 is 2.84 bits per heavy atom. The van der Waals surface area contributed by atoms with Crippen LogP contribution in [0.1, 0.15) is 13.0 Å². The van der Waals surface area contributed by atoms with Gasteiger partial charge in [-0.25, -0.2) is 8.78 Å². The van der Waals surface area contributed by atoms with E-state index < -0.39 is 23.6 Å². The van der Waals surface area contributed by atoms with Crippen molar-refractivity contribution in [3.63, 3.8) is 0 Å². The Kier molecular flexibility index (Phi) is 3.94. The Balaban J connectivity index is 2.14. The highest BCUT2D eigenvalue weighted by molar-refractivity contribution is 9.10. The zero-order chi connectivity index (χ0) is 14.0. The van der Waals surface area contributed by atoms with E-state index in [9.17, 15) is 13.6 Å². The monoisotopic (exact) mass is 329 g/mol. The van der Waals surface area contributed by atoms with E-state index in [4.69, 9.17) is 0 Å². The van der Waals surface area contributed by atoms with Gasteiger partial charge in [-0.2, -0.15) is 5.10 Å². The summed E-state index contributed by atoms with van der Waals surface area (Å²) in [5.41, 5.74) is -0.192. The molecule has 1 heterocycles. The number of rotatable bonds is 3. The number of hydrogen-bond donors (Lipinski definition) is 1. The Bertz CT molecular complexity index is 615. The average Bonchev–Trinajstić information content (AvgIpc) is 2.79. The van der Waals surface area contributed by atoms with E-state index in [-0.39, 0.29) is 5.69 Å². The van der Waals surface area contributed by atoms with Gasteiger partial charge in [-0.1, -0.05) is 0 Å². The highest BCUT2D eigenvalue weighted by Crippen LogP contribution is 2.18. The van der Waals surface area contributed by atoms with Gasteiger partial charge in [-0.05, 0) is 35.0 Å². The summed E-state index contributed by atoms with van der Waals surface area (Å²) in [5.74, 6) is -1.80. The summed E-state index contributed by atoms with van der Waals surface area (Å²) in [4.78, 5) is 11.9. The van der Waals surface area contributed by atoms with Gasteiger partial charge in [0.1, 0.15) is 17.7 Å². The molecular formula is C12H10BrF2N3O. The Morgan fingerprint density at radius 2 is 2.21 bits per heavy atom. The molecule has 1 aromatic carbocycles. The number of anilines is 1. The van der Waals surface area contributed by atoms with Crippen molar-refractivity contribution in [3.8, 4) is 0 Å². The van der Waals surface area contributed by atoms with Crippen molar-refractivity contribution >= 4 is 27.5 Å². The number of nitrogens with zero attached hydrogens (tertiary/aromatic N) is 2. The molecule has 0 aliphatic heterocycles. The van der Waals surface area contributed by atoms with Crippen LogP contribution in [0.25, 0.3) is 0 Å². The largest absolute Gasteiger partial charge is 0.322 e. The van der Waals surface area contributed by atoms with Gasteiger partial charge in [-0.15, -0.1) is 0 Å². The van der Waals surface area contributed by atoms with Gasteiger partial charge in [0.25, 0.3) is 0 Å². The minimum absolute atomic E-state index is 0.192. The van der Waals surface area contributed by atoms with Crippen molar-refractivity contribution in [3.05, 3.63) is 46.7 Å². The van der Waals surface area contributed by atoms with Crippen LogP contribution in [0.3, 0.4) is 0 Å². The number of hydrogen-bond acceptors (Lipinski definition) is 2. The van der Waals surface area contributed by atoms with Gasteiger partial charge in [0.05, 0.1) is 16.4 Å². The second-order valence-electron chi connectivity index (χ2n) is 3.93. The van der Waals surface area contributed by atoms with Crippen LogP contribution < -0.4 is 5.32 Å². The first-order valence-corrected chi connectivity index (χ1v) is 6.22. The number of benzene rings is 1. The van der Waals surface area contributed by atoms with E-state index >= 15 is 0 Å². The van der Waals surface area contributed by atoms with Crippen LogP contribution in [-0.4, -0.2) is 15.7 Å². The van der Waals surface area contributed by atoms with E-state index in [1.165, 1.54) is 10.9 Å². The Labute approximate surface area is 116 Å². The smallest absolute Gasteiger partial charge is 0.249 e. The van der Waals surface area contributed by atoms with Gasteiger partial charge in [-0.3, -0.25) is 9.48 Å². The number of nitrogens with one attached hydrogen (secondary N) is 1. The molecule has 7 heteroatoms. The molecule has 1 amide bonds. The van der Waals surface area contributed by atoms with Crippen LogP contribution in [0.5, 0.6) is 0 Å². The fourth-order valence-corrected chi connectivity index (χ4v) is 1.78. The Hall–Kier alpha value is -1.76. The van der Waals surface area contributed by atoms with Crippen LogP contribution in [0.2, 0.25) is 0 Å². The average molecular weight is 330 g/mol. The molecule has 19 heavy (non-hydrogen) atoms. The summed E-state index contributed by atoms with van der Waals surface area (Å²) in [6, 6.07) is 2.23. The Morgan fingerprint density at radius 1 is 1.47 bits per heavy atom. The lowest BCUT2D eigenvalue weighted by atomic mass is 10.2. The molecule has 0 radical (unpaired) electrons. The summed E-state index contributed by atoms with van der Waals surface area (Å²) in [6.45, 7) is 1.60. The maximum atomic E-state index is 13.4. The van der Waals surface area contributed by atoms with Crippen molar-refractivity contribution in [1.82, 2.24) is 9.78 Å². The molecule has 0 fully saturated rings. The van der Waals surface area contributed by atoms with E-state index in [0.717, 1.165) is 22.7 Å². The number of carbonyl (C=O) groups excluding carboxylic acids is 1. The molecule has 0 saturated heterocycles. The maximum Gasteiger partial charge on any atom is 0.249 e. The van der Waals surface area contributed by atoms with Gasteiger partial charge in [0.15, 0.2) is 0 Å². The molecule has 1 unspecified atom stereocenters. The quantitative estimate of drug-likeness (QED) is 0.940. The molecule has 1 aromatic heterocycles. The fourth-order valence-electron chi connectivity index (χ4n) is 1.48. The molecule has 1 atom stereocenters. The predicted molar refractivity (Wildman–Crippen MR) is 69.6 cm³/mol. The first kappa shape index (κ1) is 13.7. The zero-order valence-corrected chi connectivity index (χ0v) is 11.5. The van der Waals surface area contributed by atoms with Crippen LogP contribution in [-0.2, 0) is 4.79 Å². The normalized spacial score (nSPS) is 12.2. The first-order chi connectivity index (χ1) is 8.97. The molecule has 100 valence electrons. The van der Waals surface area contributed by atoms with Crippen molar-refractivity contribution in [2.24, 2.45) is 0 Å². The summed E-state index contributed by atoms with van der Waals surface area (Å²) in [6.07, 6.45) is 3.15. The van der Waals surface area contributed by atoms with Crippen LogP contribution >= 0.6 is 15.9 Å². The summed E-state index contributed by atoms with van der Waals surface area (Å²) >= 11 is 3.21. The minimum Gasteiger partial charge on any atom is -0.322 e. The first-order valence-electron chi connectivity index (χ1n) is 5.43. The van der Waals surface area contributed by atoms with E-state index in [1.54, 1.807) is 13.1 Å². The van der Waals surface area contributed by atoms with E-state index in [1.807, 2.05) is 0 Å². The molecule has 0 aliphatic carbocycles. The van der Waals surface area contributed by atoms with E-state index in [0.29, 0.717) is 0 Å². The van der Waals surface area contributed by atoms with Crippen molar-refractivity contribution in [2.45, 2.75) is 13.0 Å². The van der Waals surface area contributed by atoms with Crippen molar-refractivity contribution in [2.75, 3.05) is 5.32 Å². The second kappa shape index (κ2) is 5.48. The molecule has 0 saturated carbocycles. The lowest BCUT2D eigenvalue weighted by Gasteiger charge is -2.13. The third-order valence-corrected chi connectivity index (χ3v) is 2.94. The van der Waals surface area contributed by atoms with Gasteiger partial charge in [0, 0.05) is 12.3 Å². The van der Waals surface area contributed by atoms with Crippen molar-refractivity contribution < 1.29 is 13.6 Å². The number of amides is 1. The molecule has 0 bridgehead atoms. The molecule has 4 nitrogen and oxygen atoms in total. The number of carbonyl (C=O) groups is 1. The standard InChI is InChI=1S/C12H10BrF2N3O/c1-7(18-6-8(13)5-16-18)12(19)17-11-4-9(14)2-3-10(11)15/h2-7H,1H3,(H,17,19). The number of halogens is 3. The third-order valence-electron chi connectivity index (χ3n) is 2.53. The van der Waals surface area contributed by atoms with Gasteiger partial charge < -0.3 is 5.32 Å². The number of aromatic nitrogens is 2. The predicted octanol–water partition coefficient (Wildman–Crippen LogP) is 3.12. The van der Waals surface area contributed by atoms with Crippen LogP contribution in [0, 0.1) is 11.6 Å². The summed E-state index contributed by atoms with van der Waals surface area (Å²) in [5, 5.41) is 6.29. The summed E-state index contributed by atoms with van der Waals surface area (Å²) < 4.78 is 28.5. The third kappa shape index (κ3) is 3.17. The van der Waals surface area contributed by atoms with Crippen LogP contribution in [0.15, 0.2) is 35.1 Å². The molecule has 0 spiro atoms. The highest BCUT2D eigenvalue weighted by Gasteiger charge is 2.17. The highest BCUT2D eigenvalue weighted by atomic mass is 79.9. The molecule has 1 N–H and O–H groups in total. The fraction of sp³-hybridized carbons (Fsp3) is 0.167. The zero-order valence-electron chi connectivity index (χ0n) is 9.90. The molecular weight excluding hydrogens is 320 g/mol. The molecule has 2 rings (SSSR count). The van der Waals surface area contributed by atoms with Crippen molar-refractivity contribution in [1.29, 1.82) is 0 Å². The topological polar surface area (TPSA) is 46.9 Å². The maximum absolute atomic E-state index is 13.4.